The van der Waals surface area contributed by atoms with Crippen molar-refractivity contribution in [2.45, 2.75) is 6.92 Å². The van der Waals surface area contributed by atoms with Gasteiger partial charge in [-0.05, 0) is 48.9 Å². The molecule has 22 heavy (non-hydrogen) atoms. The number of nitrogens with one attached hydrogen (secondary N) is 2. The minimum absolute atomic E-state index is 0.383. The van der Waals surface area contributed by atoms with Gasteiger partial charge in [-0.25, -0.2) is 4.39 Å². The fraction of sp³-hybridized carbons (Fsp3) is 0.0588. The molecule has 0 fully saturated rings. The molecular formula is C17H15FN2O2. The van der Waals surface area contributed by atoms with E-state index in [1.807, 2.05) is 25.1 Å². The largest absolute Gasteiger partial charge is 0.323 e. The van der Waals surface area contributed by atoms with Crippen LogP contribution in [0, 0.1) is 12.7 Å². The summed E-state index contributed by atoms with van der Waals surface area (Å²) in [6, 6.07) is 12.7. The first kappa shape index (κ1) is 15.4. The van der Waals surface area contributed by atoms with E-state index in [1.165, 1.54) is 24.3 Å². The molecule has 0 atom stereocenters. The Kier molecular flexibility index (Phi) is 5.03. The Morgan fingerprint density at radius 2 is 1.50 bits per heavy atom. The zero-order valence-corrected chi connectivity index (χ0v) is 12.0. The van der Waals surface area contributed by atoms with Crippen molar-refractivity contribution in [1.82, 2.24) is 0 Å². The lowest BCUT2D eigenvalue weighted by atomic mass is 10.2. The summed E-state index contributed by atoms with van der Waals surface area (Å²) in [4.78, 5) is 23.3. The van der Waals surface area contributed by atoms with Gasteiger partial charge in [-0.2, -0.15) is 0 Å². The third-order valence-electron chi connectivity index (χ3n) is 2.78. The quantitative estimate of drug-likeness (QED) is 0.851. The zero-order valence-electron chi connectivity index (χ0n) is 12.0. The Labute approximate surface area is 127 Å². The van der Waals surface area contributed by atoms with E-state index in [9.17, 15) is 14.0 Å². The number of halogens is 1. The second-order valence-corrected chi connectivity index (χ2v) is 4.69. The Balaban J connectivity index is 1.89. The van der Waals surface area contributed by atoms with Gasteiger partial charge in [0.2, 0.25) is 11.8 Å². The minimum atomic E-state index is -0.467. The molecule has 112 valence electrons. The third kappa shape index (κ3) is 4.86. The van der Waals surface area contributed by atoms with Gasteiger partial charge >= 0.3 is 0 Å². The molecule has 5 heteroatoms. The van der Waals surface area contributed by atoms with E-state index in [4.69, 9.17) is 0 Å². The molecule has 2 N–H and O–H groups in total. The topological polar surface area (TPSA) is 58.2 Å². The van der Waals surface area contributed by atoms with Gasteiger partial charge < -0.3 is 10.6 Å². The summed E-state index contributed by atoms with van der Waals surface area (Å²) in [5.41, 5.74) is 2.14. The Bertz CT molecular complexity index is 709. The first-order chi connectivity index (χ1) is 10.5. The molecule has 0 radical (unpaired) electrons. The first-order valence-corrected chi connectivity index (χ1v) is 6.65. The molecule has 0 spiro atoms. The molecule has 0 saturated carbocycles. The van der Waals surface area contributed by atoms with E-state index in [-0.39, 0.29) is 5.82 Å². The van der Waals surface area contributed by atoms with Crippen LogP contribution < -0.4 is 10.6 Å². The maximum absolute atomic E-state index is 12.7. The van der Waals surface area contributed by atoms with Crippen molar-refractivity contribution in [1.29, 1.82) is 0 Å². The Hall–Kier alpha value is -2.95. The van der Waals surface area contributed by atoms with Crippen molar-refractivity contribution in [2.24, 2.45) is 0 Å². The van der Waals surface area contributed by atoms with Gasteiger partial charge in [0.25, 0.3) is 0 Å². The molecule has 4 nitrogen and oxygen atoms in total. The van der Waals surface area contributed by atoms with Crippen LogP contribution in [0.5, 0.6) is 0 Å². The van der Waals surface area contributed by atoms with Gasteiger partial charge in [0.05, 0.1) is 0 Å². The molecule has 0 aromatic heterocycles. The summed E-state index contributed by atoms with van der Waals surface area (Å²) < 4.78 is 12.7. The van der Waals surface area contributed by atoms with Crippen LogP contribution in [0.2, 0.25) is 0 Å². The van der Waals surface area contributed by atoms with Gasteiger partial charge in [0, 0.05) is 23.5 Å². The summed E-state index contributed by atoms with van der Waals surface area (Å²) in [6.07, 6.45) is 2.26. The van der Waals surface area contributed by atoms with E-state index in [0.717, 1.165) is 17.7 Å². The van der Waals surface area contributed by atoms with Crippen LogP contribution in [-0.2, 0) is 9.59 Å². The summed E-state index contributed by atoms with van der Waals surface area (Å²) in [5.74, 6) is -1.25. The summed E-state index contributed by atoms with van der Waals surface area (Å²) in [5, 5.41) is 5.18. The SMILES string of the molecule is Cc1cccc(NC(=O)C=CC(=O)Nc2ccc(F)cc2)c1. The van der Waals surface area contributed by atoms with Crippen molar-refractivity contribution in [3.63, 3.8) is 0 Å². The molecule has 2 amide bonds. The van der Waals surface area contributed by atoms with Gasteiger partial charge in [-0.3, -0.25) is 9.59 Å². The molecule has 2 rings (SSSR count). The lowest BCUT2D eigenvalue weighted by Gasteiger charge is -2.03. The van der Waals surface area contributed by atoms with Gasteiger partial charge in [-0.1, -0.05) is 12.1 Å². The smallest absolute Gasteiger partial charge is 0.248 e. The average Bonchev–Trinajstić information content (AvgIpc) is 2.48. The maximum atomic E-state index is 12.7. The van der Waals surface area contributed by atoms with E-state index >= 15 is 0 Å². The highest BCUT2D eigenvalue weighted by Crippen LogP contribution is 2.10. The first-order valence-electron chi connectivity index (χ1n) is 6.65. The predicted molar refractivity (Wildman–Crippen MR) is 84.0 cm³/mol. The van der Waals surface area contributed by atoms with Gasteiger partial charge in [0.15, 0.2) is 0 Å². The van der Waals surface area contributed by atoms with Crippen molar-refractivity contribution in [3.05, 3.63) is 72.1 Å². The summed E-state index contributed by atoms with van der Waals surface area (Å²) in [7, 11) is 0. The Morgan fingerprint density at radius 1 is 0.909 bits per heavy atom. The van der Waals surface area contributed by atoms with Crippen LogP contribution in [0.1, 0.15) is 5.56 Å². The van der Waals surface area contributed by atoms with E-state index in [0.29, 0.717) is 11.4 Å². The molecule has 0 aliphatic rings. The number of carbonyl (C=O) groups is 2. The molecule has 0 heterocycles. The summed E-state index contributed by atoms with van der Waals surface area (Å²) in [6.45, 7) is 1.92. The fourth-order valence-corrected chi connectivity index (χ4v) is 1.78. The minimum Gasteiger partial charge on any atom is -0.323 e. The fourth-order valence-electron chi connectivity index (χ4n) is 1.78. The lowest BCUT2D eigenvalue weighted by molar-refractivity contribution is -0.114. The molecule has 2 aromatic carbocycles. The molecule has 0 aliphatic carbocycles. The second kappa shape index (κ2) is 7.17. The number of amides is 2. The standard InChI is InChI=1S/C17H15FN2O2/c1-12-3-2-4-15(11-12)20-17(22)10-9-16(21)19-14-7-5-13(18)6-8-14/h2-11H,1H3,(H,19,21)(H,20,22). The number of hydrogen-bond donors (Lipinski definition) is 2. The average molecular weight is 298 g/mol. The van der Waals surface area contributed by atoms with Gasteiger partial charge in [0.1, 0.15) is 5.82 Å². The number of aryl methyl sites for hydroxylation is 1. The molecule has 0 aliphatic heterocycles. The lowest BCUT2D eigenvalue weighted by Crippen LogP contribution is -2.12. The third-order valence-corrected chi connectivity index (χ3v) is 2.78. The van der Waals surface area contributed by atoms with Crippen molar-refractivity contribution < 1.29 is 14.0 Å². The van der Waals surface area contributed by atoms with E-state index in [2.05, 4.69) is 10.6 Å². The Morgan fingerprint density at radius 3 is 2.09 bits per heavy atom. The number of carbonyl (C=O) groups excluding carboxylic acids is 2. The monoisotopic (exact) mass is 298 g/mol. The molecular weight excluding hydrogens is 283 g/mol. The highest BCUT2D eigenvalue weighted by molar-refractivity contribution is 6.06. The highest BCUT2D eigenvalue weighted by atomic mass is 19.1. The van der Waals surface area contributed by atoms with Crippen LogP contribution in [0.25, 0.3) is 0 Å². The molecule has 0 saturated heterocycles. The zero-order chi connectivity index (χ0) is 15.9. The van der Waals surface area contributed by atoms with Crippen molar-refractivity contribution in [2.75, 3.05) is 10.6 Å². The highest BCUT2D eigenvalue weighted by Gasteiger charge is 2.01. The number of rotatable bonds is 4. The molecule has 0 bridgehead atoms. The van der Waals surface area contributed by atoms with E-state index < -0.39 is 11.8 Å². The van der Waals surface area contributed by atoms with Crippen LogP contribution in [-0.4, -0.2) is 11.8 Å². The van der Waals surface area contributed by atoms with Gasteiger partial charge in [-0.15, -0.1) is 0 Å². The number of hydrogen-bond acceptors (Lipinski definition) is 2. The van der Waals surface area contributed by atoms with Crippen molar-refractivity contribution in [3.8, 4) is 0 Å². The van der Waals surface area contributed by atoms with Crippen molar-refractivity contribution >= 4 is 23.2 Å². The normalized spacial score (nSPS) is 10.5. The number of anilines is 2. The van der Waals surface area contributed by atoms with E-state index in [1.54, 1.807) is 6.07 Å². The van der Waals surface area contributed by atoms with Crippen LogP contribution in [0.3, 0.4) is 0 Å². The maximum Gasteiger partial charge on any atom is 0.248 e. The predicted octanol–water partition coefficient (Wildman–Crippen LogP) is 3.27. The molecule has 0 unspecified atom stereocenters. The second-order valence-electron chi connectivity index (χ2n) is 4.69. The van der Waals surface area contributed by atoms with Crippen LogP contribution in [0.15, 0.2) is 60.7 Å². The van der Waals surface area contributed by atoms with Crippen LogP contribution >= 0.6 is 0 Å². The van der Waals surface area contributed by atoms with Crippen LogP contribution in [0.4, 0.5) is 15.8 Å². The number of benzene rings is 2. The molecule has 2 aromatic rings. The summed E-state index contributed by atoms with van der Waals surface area (Å²) >= 11 is 0.